The van der Waals surface area contributed by atoms with Crippen LogP contribution in [0.1, 0.15) is 110 Å². The summed E-state index contributed by atoms with van der Waals surface area (Å²) in [7, 11) is -4.91. The molecule has 2 amide bonds. The van der Waals surface area contributed by atoms with Crippen LogP contribution in [-0.4, -0.2) is 132 Å². The largest absolute Gasteiger partial charge is 0.499 e. The van der Waals surface area contributed by atoms with Gasteiger partial charge in [-0.25, -0.2) is 19.7 Å². The fourth-order valence-corrected chi connectivity index (χ4v) is 6.71. The molecule has 1 heterocycles. The van der Waals surface area contributed by atoms with Crippen molar-refractivity contribution in [3.05, 3.63) is 0 Å². The van der Waals surface area contributed by atoms with Crippen molar-refractivity contribution in [1.82, 2.24) is 10.8 Å². The Morgan fingerprint density at radius 3 is 1.66 bits per heavy atom. The Labute approximate surface area is 293 Å². The molecular weight excluding hydrogens is 687 g/mol. The molecule has 0 aromatic rings. The molecule has 19 heteroatoms. The predicted molar refractivity (Wildman–Crippen MR) is 175 cm³/mol. The standard InChI is InChI=1S/C31H61N2O16P/c1-2-3-4-5-6-7-8-9-10-11-12-13-14-15-16-17-18-45-50(43,44)49-48-29-27(40)25(38)24(37)26(39)28(29)47-30-21(32-31(41)33-42)23(36)22(35)20(19-34)46-30/h20-30,34-40,42H,2-19H2,1H3,(H,43,44)(H2,32,33,41)/t20-,21-,22-,23-,24-,25-,26+,27-,28-,29+,30-/m1/s1. The van der Waals surface area contributed by atoms with Gasteiger partial charge in [0.1, 0.15) is 54.9 Å². The van der Waals surface area contributed by atoms with Gasteiger partial charge in [0, 0.05) is 0 Å². The molecule has 296 valence electrons. The molecule has 0 spiro atoms. The monoisotopic (exact) mass is 748 g/mol. The maximum atomic E-state index is 12.5. The van der Waals surface area contributed by atoms with Crippen LogP contribution in [0.2, 0.25) is 0 Å². The lowest BCUT2D eigenvalue weighted by atomic mass is 9.84. The van der Waals surface area contributed by atoms with E-state index in [1.54, 1.807) is 0 Å². The van der Waals surface area contributed by atoms with Crippen molar-refractivity contribution >= 4 is 13.9 Å². The SMILES string of the molecule is CCCCCCCCCCCCCCCCCCOP(=O)(O)OO[C@H]1[C@H](O)[C@H](O)[C@@H](O)[C@H](O)[C@H]1O[C@H]1O[C@H](CO)[C@@H](O)[C@H](O)[C@H]1NC(=O)NO. The number of ether oxygens (including phenoxy) is 2. The van der Waals surface area contributed by atoms with Crippen LogP contribution in [0.15, 0.2) is 0 Å². The highest BCUT2D eigenvalue weighted by Crippen LogP contribution is 2.45. The number of rotatable bonds is 25. The van der Waals surface area contributed by atoms with Gasteiger partial charge in [0.05, 0.1) is 13.2 Å². The van der Waals surface area contributed by atoms with E-state index in [0.717, 1.165) is 25.7 Å². The second kappa shape index (κ2) is 24.3. The molecule has 0 bridgehead atoms. The summed E-state index contributed by atoms with van der Waals surface area (Å²) >= 11 is 0. The number of amides is 2. The van der Waals surface area contributed by atoms with E-state index >= 15 is 0 Å². The lowest BCUT2D eigenvalue weighted by Gasteiger charge is -2.47. The van der Waals surface area contributed by atoms with Crippen molar-refractivity contribution in [3.8, 4) is 0 Å². The Morgan fingerprint density at radius 1 is 0.700 bits per heavy atom. The summed E-state index contributed by atoms with van der Waals surface area (Å²) in [5.41, 5.74) is 1.24. The lowest BCUT2D eigenvalue weighted by Crippen LogP contribution is -2.69. The molecule has 12 atom stereocenters. The first kappa shape index (κ1) is 45.1. The molecular formula is C31H61N2O16P. The fraction of sp³-hybridized carbons (Fsp3) is 0.968. The number of hydrogen-bond donors (Lipinski definition) is 11. The molecule has 2 aliphatic rings. The molecule has 0 aromatic heterocycles. The molecule has 1 saturated carbocycles. The Hall–Kier alpha value is -1.06. The van der Waals surface area contributed by atoms with E-state index in [1.165, 1.54) is 76.1 Å². The minimum absolute atomic E-state index is 0.161. The lowest BCUT2D eigenvalue weighted by molar-refractivity contribution is -0.366. The Kier molecular flexibility index (Phi) is 21.9. The number of hydrogen-bond acceptors (Lipinski definition) is 15. The zero-order chi connectivity index (χ0) is 37.1. The van der Waals surface area contributed by atoms with Gasteiger partial charge in [-0.3, -0.25) is 9.73 Å². The minimum Gasteiger partial charge on any atom is -0.394 e. The number of carbonyl (C=O) groups is 1. The van der Waals surface area contributed by atoms with E-state index in [9.17, 15) is 50.0 Å². The zero-order valence-corrected chi connectivity index (χ0v) is 29.8. The molecule has 1 saturated heterocycles. The zero-order valence-electron chi connectivity index (χ0n) is 28.9. The molecule has 0 aromatic carbocycles. The highest BCUT2D eigenvalue weighted by atomic mass is 31.2. The van der Waals surface area contributed by atoms with Crippen molar-refractivity contribution in [2.24, 2.45) is 0 Å². The Balaban J connectivity index is 1.79. The van der Waals surface area contributed by atoms with Crippen molar-refractivity contribution in [2.75, 3.05) is 13.2 Å². The number of unbranched alkanes of at least 4 members (excludes halogenated alkanes) is 15. The van der Waals surface area contributed by atoms with E-state index in [-0.39, 0.29) is 6.61 Å². The van der Waals surface area contributed by atoms with Crippen molar-refractivity contribution < 1.29 is 78.8 Å². The first-order valence-corrected chi connectivity index (χ1v) is 19.4. The Morgan fingerprint density at radius 2 is 1.18 bits per heavy atom. The van der Waals surface area contributed by atoms with Crippen molar-refractivity contribution in [1.29, 1.82) is 0 Å². The quantitative estimate of drug-likeness (QED) is 0.0204. The highest BCUT2D eigenvalue weighted by molar-refractivity contribution is 7.47. The number of aliphatic hydroxyl groups is 7. The first-order valence-electron chi connectivity index (χ1n) is 17.9. The minimum atomic E-state index is -4.91. The van der Waals surface area contributed by atoms with Gasteiger partial charge in [0.2, 0.25) is 0 Å². The van der Waals surface area contributed by atoms with Crippen LogP contribution in [-0.2, 0) is 28.1 Å². The molecule has 18 nitrogen and oxygen atoms in total. The maximum Gasteiger partial charge on any atom is 0.499 e. The molecule has 1 aliphatic heterocycles. The van der Waals surface area contributed by atoms with E-state index in [0.29, 0.717) is 6.42 Å². The van der Waals surface area contributed by atoms with E-state index in [2.05, 4.69) is 11.6 Å². The summed E-state index contributed by atoms with van der Waals surface area (Å²) in [6, 6.07) is -2.97. The van der Waals surface area contributed by atoms with E-state index in [1.807, 2.05) is 5.32 Å². The van der Waals surface area contributed by atoms with Crippen molar-refractivity contribution in [3.63, 3.8) is 0 Å². The summed E-state index contributed by atoms with van der Waals surface area (Å²) < 4.78 is 33.0. The molecule has 11 N–H and O–H groups in total. The van der Waals surface area contributed by atoms with E-state index in [4.69, 9.17) is 24.1 Å². The summed E-state index contributed by atoms with van der Waals surface area (Å²) in [5.74, 6) is 0. The number of urea groups is 1. The molecule has 2 fully saturated rings. The number of aliphatic hydroxyl groups excluding tert-OH is 7. The molecule has 0 radical (unpaired) electrons. The molecule has 1 aliphatic carbocycles. The van der Waals surface area contributed by atoms with Crippen LogP contribution >= 0.6 is 7.82 Å². The summed E-state index contributed by atoms with van der Waals surface area (Å²) in [5, 5.41) is 83.0. The fourth-order valence-electron chi connectivity index (χ4n) is 6.10. The average Bonchev–Trinajstić information content (AvgIpc) is 3.10. The van der Waals surface area contributed by atoms with Gasteiger partial charge in [-0.2, -0.15) is 0 Å². The normalized spacial score (nSPS) is 32.8. The third-order valence-electron chi connectivity index (χ3n) is 9.12. The van der Waals surface area contributed by atoms with Crippen LogP contribution < -0.4 is 10.8 Å². The number of phosphoric ester groups is 1. The number of hydroxylamine groups is 1. The smallest absolute Gasteiger partial charge is 0.394 e. The predicted octanol–water partition coefficient (Wildman–Crippen LogP) is 1.02. The second-order valence-electron chi connectivity index (χ2n) is 13.1. The van der Waals surface area contributed by atoms with Crippen LogP contribution in [0.5, 0.6) is 0 Å². The summed E-state index contributed by atoms with van der Waals surface area (Å²) in [6.45, 7) is 1.22. The third-order valence-corrected chi connectivity index (χ3v) is 9.90. The summed E-state index contributed by atoms with van der Waals surface area (Å²) in [4.78, 5) is 26.8. The van der Waals surface area contributed by atoms with Crippen LogP contribution in [0.4, 0.5) is 4.79 Å². The highest BCUT2D eigenvalue weighted by Gasteiger charge is 2.55. The first-order chi connectivity index (χ1) is 23.9. The van der Waals surface area contributed by atoms with Gasteiger partial charge in [0.25, 0.3) is 0 Å². The van der Waals surface area contributed by atoms with Crippen LogP contribution in [0.25, 0.3) is 0 Å². The van der Waals surface area contributed by atoms with Crippen LogP contribution in [0, 0.1) is 0 Å². The van der Waals surface area contributed by atoms with Gasteiger partial charge in [-0.05, 0) is 6.42 Å². The number of nitrogens with one attached hydrogen (secondary N) is 2. The molecule has 50 heavy (non-hydrogen) atoms. The maximum absolute atomic E-state index is 12.5. The average molecular weight is 749 g/mol. The van der Waals surface area contributed by atoms with Crippen molar-refractivity contribution in [2.45, 2.75) is 177 Å². The van der Waals surface area contributed by atoms with Gasteiger partial charge < -0.3 is 55.4 Å². The number of phosphoric acid groups is 1. The second-order valence-corrected chi connectivity index (χ2v) is 14.5. The topological polar surface area (TPSA) is 286 Å². The van der Waals surface area contributed by atoms with Gasteiger partial charge in [0.15, 0.2) is 12.4 Å². The van der Waals surface area contributed by atoms with Gasteiger partial charge in [-0.1, -0.05) is 103 Å². The van der Waals surface area contributed by atoms with Crippen LogP contribution in [0.3, 0.4) is 0 Å². The third kappa shape index (κ3) is 15.1. The summed E-state index contributed by atoms with van der Waals surface area (Å²) in [6.07, 6.45) is -0.774. The van der Waals surface area contributed by atoms with E-state index < -0.39 is 87.7 Å². The molecule has 2 rings (SSSR count). The number of carbonyl (C=O) groups excluding carboxylic acids is 1. The van der Waals surface area contributed by atoms with Gasteiger partial charge >= 0.3 is 13.9 Å². The van der Waals surface area contributed by atoms with Gasteiger partial charge in [-0.15, -0.1) is 4.67 Å². The Bertz CT molecular complexity index is 972. The molecule has 1 unspecified atom stereocenters.